The monoisotopic (exact) mass is 540 g/mol. The van der Waals surface area contributed by atoms with E-state index in [1.165, 1.54) is 0 Å². The molecule has 1 aliphatic carbocycles. The molecule has 0 aliphatic heterocycles. The van der Waals surface area contributed by atoms with Crippen LogP contribution in [0.15, 0.2) is 114 Å². The minimum Gasteiger partial charge on any atom is -0.497 e. The molecule has 1 aliphatic rings. The molecule has 0 heterocycles. The van der Waals surface area contributed by atoms with Crippen LogP contribution < -0.4 is 9.47 Å². The molecule has 0 saturated heterocycles. The van der Waals surface area contributed by atoms with Crippen molar-refractivity contribution in [2.75, 3.05) is 14.2 Å². The van der Waals surface area contributed by atoms with E-state index in [9.17, 15) is 10.5 Å². The van der Waals surface area contributed by atoms with Crippen LogP contribution in [0.4, 0.5) is 0 Å². The highest BCUT2D eigenvalue weighted by Gasteiger charge is 2.29. The molecule has 0 amide bonds. The third kappa shape index (κ3) is 6.34. The van der Waals surface area contributed by atoms with Crippen LogP contribution in [-0.2, 0) is 0 Å². The standard InChI is InChI=1S/C37H36N2O2/c1-6-26-22-30(16-21-34(26)35(25(2)3)31(23-38)24-39)37(27-10-8-7-9-11-27)36(28-12-17-32(40-4)18-13-28)29-14-19-33(41-5)20-15-29/h7-22,25-26,34H,6H2,1-5H3. The van der Waals surface area contributed by atoms with Crippen molar-refractivity contribution in [3.8, 4) is 23.6 Å². The first-order chi connectivity index (χ1) is 19.9. The maximum absolute atomic E-state index is 9.73. The fourth-order valence-corrected chi connectivity index (χ4v) is 5.64. The molecule has 2 unspecified atom stereocenters. The van der Waals surface area contributed by atoms with E-state index in [0.29, 0.717) is 0 Å². The first kappa shape index (κ1) is 29.2. The van der Waals surface area contributed by atoms with Crippen LogP contribution in [0.25, 0.3) is 11.1 Å². The van der Waals surface area contributed by atoms with Gasteiger partial charge in [0.15, 0.2) is 0 Å². The smallest absolute Gasteiger partial charge is 0.129 e. The minimum atomic E-state index is -0.0134. The lowest BCUT2D eigenvalue weighted by Crippen LogP contribution is -2.20. The predicted octanol–water partition coefficient (Wildman–Crippen LogP) is 8.80. The summed E-state index contributed by atoms with van der Waals surface area (Å²) in [5.74, 6) is 1.81. The average Bonchev–Trinajstić information content (AvgIpc) is 3.02. The molecule has 41 heavy (non-hydrogen) atoms. The number of hydrogen-bond donors (Lipinski definition) is 0. The Hall–Kier alpha value is -4.80. The summed E-state index contributed by atoms with van der Waals surface area (Å²) in [6.07, 6.45) is 7.56. The van der Waals surface area contributed by atoms with Crippen molar-refractivity contribution in [2.45, 2.75) is 27.2 Å². The molecule has 0 radical (unpaired) electrons. The lowest BCUT2D eigenvalue weighted by atomic mass is 9.72. The van der Waals surface area contributed by atoms with Crippen LogP contribution in [0.5, 0.6) is 11.5 Å². The number of nitriles is 2. The molecular weight excluding hydrogens is 504 g/mol. The Kier molecular flexibility index (Phi) is 9.62. The highest BCUT2D eigenvalue weighted by atomic mass is 16.5. The molecule has 3 aromatic rings. The van der Waals surface area contributed by atoms with Gasteiger partial charge in [-0.15, -0.1) is 0 Å². The molecule has 4 heteroatoms. The first-order valence-corrected chi connectivity index (χ1v) is 14.0. The van der Waals surface area contributed by atoms with Crippen molar-refractivity contribution in [1.82, 2.24) is 0 Å². The van der Waals surface area contributed by atoms with Crippen LogP contribution in [0.1, 0.15) is 43.9 Å². The van der Waals surface area contributed by atoms with Crippen LogP contribution in [0, 0.1) is 40.4 Å². The second-order valence-electron chi connectivity index (χ2n) is 10.4. The summed E-state index contributed by atoms with van der Waals surface area (Å²) < 4.78 is 10.9. The molecule has 0 bridgehead atoms. The first-order valence-electron chi connectivity index (χ1n) is 14.0. The van der Waals surface area contributed by atoms with Gasteiger partial charge in [0.2, 0.25) is 0 Å². The third-order valence-electron chi connectivity index (χ3n) is 7.66. The van der Waals surface area contributed by atoms with Crippen LogP contribution >= 0.6 is 0 Å². The molecule has 4 nitrogen and oxygen atoms in total. The Morgan fingerprint density at radius 3 is 1.71 bits per heavy atom. The summed E-state index contributed by atoms with van der Waals surface area (Å²) in [6.45, 7) is 6.29. The maximum atomic E-state index is 9.73. The minimum absolute atomic E-state index is 0.0134. The Labute approximate surface area is 244 Å². The van der Waals surface area contributed by atoms with E-state index in [1.54, 1.807) is 14.2 Å². The highest BCUT2D eigenvalue weighted by molar-refractivity contribution is 6.05. The Bertz CT molecular complexity index is 1490. The Morgan fingerprint density at radius 2 is 1.27 bits per heavy atom. The summed E-state index contributed by atoms with van der Waals surface area (Å²) in [7, 11) is 3.35. The number of allylic oxidation sites excluding steroid dienone is 7. The second-order valence-corrected chi connectivity index (χ2v) is 10.4. The van der Waals surface area contributed by atoms with Gasteiger partial charge in [0.25, 0.3) is 0 Å². The number of nitrogens with zero attached hydrogens (tertiary/aromatic N) is 2. The topological polar surface area (TPSA) is 66.0 Å². The van der Waals surface area contributed by atoms with E-state index < -0.39 is 0 Å². The van der Waals surface area contributed by atoms with Crippen molar-refractivity contribution in [3.63, 3.8) is 0 Å². The molecule has 2 atom stereocenters. The summed E-state index contributed by atoms with van der Waals surface area (Å²) in [4.78, 5) is 0. The van der Waals surface area contributed by atoms with Gasteiger partial charge in [-0.05, 0) is 81.5 Å². The van der Waals surface area contributed by atoms with E-state index in [4.69, 9.17) is 9.47 Å². The van der Waals surface area contributed by atoms with E-state index in [0.717, 1.165) is 56.9 Å². The lowest BCUT2D eigenvalue weighted by molar-refractivity contribution is 0.414. The van der Waals surface area contributed by atoms with Crippen molar-refractivity contribution in [2.24, 2.45) is 17.8 Å². The number of hydrogen-bond acceptors (Lipinski definition) is 4. The summed E-state index contributed by atoms with van der Waals surface area (Å²) in [5, 5.41) is 19.5. The molecule has 0 saturated carbocycles. The number of benzene rings is 3. The number of methoxy groups -OCH3 is 2. The lowest BCUT2D eigenvalue weighted by Gasteiger charge is -2.31. The average molecular weight is 541 g/mol. The van der Waals surface area contributed by atoms with Crippen LogP contribution in [0.3, 0.4) is 0 Å². The molecule has 0 N–H and O–H groups in total. The quantitative estimate of drug-likeness (QED) is 0.201. The van der Waals surface area contributed by atoms with Crippen molar-refractivity contribution in [1.29, 1.82) is 10.5 Å². The van der Waals surface area contributed by atoms with Gasteiger partial charge in [-0.1, -0.05) is 93.6 Å². The van der Waals surface area contributed by atoms with Crippen molar-refractivity contribution >= 4 is 11.1 Å². The summed E-state index contributed by atoms with van der Waals surface area (Å²) in [5.41, 5.74) is 7.69. The van der Waals surface area contributed by atoms with Crippen molar-refractivity contribution in [3.05, 3.63) is 131 Å². The molecule has 206 valence electrons. The summed E-state index contributed by atoms with van der Waals surface area (Å²) >= 11 is 0. The van der Waals surface area contributed by atoms with Crippen molar-refractivity contribution < 1.29 is 9.47 Å². The van der Waals surface area contributed by atoms with Gasteiger partial charge in [-0.2, -0.15) is 10.5 Å². The molecule has 3 aromatic carbocycles. The van der Waals surface area contributed by atoms with Gasteiger partial charge in [0.05, 0.1) is 14.2 Å². The Morgan fingerprint density at radius 1 is 0.756 bits per heavy atom. The second kappa shape index (κ2) is 13.5. The van der Waals surface area contributed by atoms with Gasteiger partial charge in [-0.25, -0.2) is 0 Å². The van der Waals surface area contributed by atoms with E-state index >= 15 is 0 Å². The third-order valence-corrected chi connectivity index (χ3v) is 7.66. The highest BCUT2D eigenvalue weighted by Crippen LogP contribution is 2.43. The van der Waals surface area contributed by atoms with Gasteiger partial charge in [0, 0.05) is 5.92 Å². The molecular formula is C37H36N2O2. The predicted molar refractivity (Wildman–Crippen MR) is 166 cm³/mol. The normalized spacial score (nSPS) is 15.8. The van der Waals surface area contributed by atoms with Gasteiger partial charge < -0.3 is 9.47 Å². The van der Waals surface area contributed by atoms with Crippen LogP contribution in [-0.4, -0.2) is 14.2 Å². The fourth-order valence-electron chi connectivity index (χ4n) is 5.64. The van der Waals surface area contributed by atoms with Gasteiger partial charge >= 0.3 is 0 Å². The number of ether oxygens (including phenoxy) is 2. The van der Waals surface area contributed by atoms with E-state index in [2.05, 4.69) is 99.7 Å². The maximum Gasteiger partial charge on any atom is 0.129 e. The van der Waals surface area contributed by atoms with Gasteiger partial charge in [-0.3, -0.25) is 0 Å². The Balaban J connectivity index is 2.00. The molecule has 0 spiro atoms. The fraction of sp³-hybridized carbons (Fsp3) is 0.243. The SMILES string of the molecule is CCC1C=C(C(=C(c2ccc(OC)cc2)c2ccc(OC)cc2)c2ccccc2)C=CC1C(=C(C#N)C#N)C(C)C. The number of rotatable bonds is 9. The molecule has 0 aromatic heterocycles. The zero-order chi connectivity index (χ0) is 29.4. The molecule has 4 rings (SSSR count). The van der Waals surface area contributed by atoms with Gasteiger partial charge in [0.1, 0.15) is 29.2 Å². The summed E-state index contributed by atoms with van der Waals surface area (Å²) in [6, 6.07) is 31.1. The van der Waals surface area contributed by atoms with E-state index in [1.807, 2.05) is 30.3 Å². The largest absolute Gasteiger partial charge is 0.497 e. The molecule has 0 fully saturated rings. The zero-order valence-corrected chi connectivity index (χ0v) is 24.4. The van der Waals surface area contributed by atoms with Crippen LogP contribution in [0.2, 0.25) is 0 Å². The van der Waals surface area contributed by atoms with E-state index in [-0.39, 0.29) is 23.3 Å². The zero-order valence-electron chi connectivity index (χ0n) is 24.4.